The summed E-state index contributed by atoms with van der Waals surface area (Å²) in [5, 5.41) is 3.26. The van der Waals surface area contributed by atoms with Crippen LogP contribution in [-0.2, 0) is 9.59 Å². The maximum atomic E-state index is 12.5. The Balaban J connectivity index is 2.09. The van der Waals surface area contributed by atoms with Crippen LogP contribution in [0.15, 0.2) is 42.5 Å². The van der Waals surface area contributed by atoms with Crippen LogP contribution in [0.4, 0.5) is 11.4 Å². The number of hydrogen-bond acceptors (Lipinski definition) is 2. The Morgan fingerprint density at radius 3 is 2.29 bits per heavy atom. The van der Waals surface area contributed by atoms with Crippen molar-refractivity contribution in [3.05, 3.63) is 58.1 Å². The molecule has 0 spiro atoms. The molecule has 0 heterocycles. The molecule has 0 saturated carbocycles. The Bertz CT molecular complexity index is 742. The number of halogens is 2. The predicted molar refractivity (Wildman–Crippen MR) is 98.9 cm³/mol. The third kappa shape index (κ3) is 4.49. The van der Waals surface area contributed by atoms with Gasteiger partial charge in [-0.3, -0.25) is 9.59 Å². The van der Waals surface area contributed by atoms with E-state index in [2.05, 4.69) is 5.32 Å². The van der Waals surface area contributed by atoms with Crippen LogP contribution < -0.4 is 10.2 Å². The van der Waals surface area contributed by atoms with Gasteiger partial charge in [-0.1, -0.05) is 41.4 Å². The molecule has 24 heavy (non-hydrogen) atoms. The molecule has 0 bridgehead atoms. The fourth-order valence-electron chi connectivity index (χ4n) is 2.33. The summed E-state index contributed by atoms with van der Waals surface area (Å²) in [4.78, 5) is 26.2. The molecule has 1 N–H and O–H groups in total. The zero-order valence-corrected chi connectivity index (χ0v) is 15.0. The molecular formula is C18H18Cl2N2O2. The maximum absolute atomic E-state index is 12.5. The zero-order valence-electron chi connectivity index (χ0n) is 13.5. The van der Waals surface area contributed by atoms with Crippen molar-refractivity contribution >= 4 is 46.4 Å². The van der Waals surface area contributed by atoms with Gasteiger partial charge in [0.1, 0.15) is 6.42 Å². The minimum atomic E-state index is -0.457. The maximum Gasteiger partial charge on any atom is 0.236 e. The van der Waals surface area contributed by atoms with Crippen molar-refractivity contribution in [2.24, 2.45) is 0 Å². The quantitative estimate of drug-likeness (QED) is 0.782. The second-order valence-electron chi connectivity index (χ2n) is 5.30. The Kier molecular flexibility index (Phi) is 6.23. The van der Waals surface area contributed by atoms with Crippen molar-refractivity contribution in [2.75, 3.05) is 16.8 Å². The molecule has 2 aromatic carbocycles. The molecular weight excluding hydrogens is 347 g/mol. The number of nitrogens with zero attached hydrogens (tertiary/aromatic N) is 1. The molecule has 0 aliphatic rings. The molecule has 2 amide bonds. The molecule has 0 saturated heterocycles. The van der Waals surface area contributed by atoms with Crippen molar-refractivity contribution in [3.63, 3.8) is 0 Å². The number of carbonyl (C=O) groups is 2. The molecule has 0 atom stereocenters. The molecule has 0 unspecified atom stereocenters. The summed E-state index contributed by atoms with van der Waals surface area (Å²) in [7, 11) is 0. The first kappa shape index (κ1) is 18.3. The number of aryl methyl sites for hydroxylation is 1. The first-order chi connectivity index (χ1) is 11.4. The number of rotatable bonds is 5. The molecule has 0 aliphatic heterocycles. The van der Waals surface area contributed by atoms with E-state index in [4.69, 9.17) is 23.2 Å². The number of benzene rings is 2. The Labute approximate surface area is 151 Å². The smallest absolute Gasteiger partial charge is 0.236 e. The van der Waals surface area contributed by atoms with Crippen LogP contribution in [0.1, 0.15) is 18.9 Å². The third-order valence-corrected chi connectivity index (χ3v) is 4.10. The first-order valence-electron chi connectivity index (χ1n) is 7.53. The lowest BCUT2D eigenvalue weighted by molar-refractivity contribution is -0.125. The molecule has 0 radical (unpaired) electrons. The summed E-state index contributed by atoms with van der Waals surface area (Å²) in [6, 6.07) is 12.5. The normalized spacial score (nSPS) is 10.3. The van der Waals surface area contributed by atoms with Crippen molar-refractivity contribution in [1.82, 2.24) is 0 Å². The molecule has 6 heteroatoms. The van der Waals surface area contributed by atoms with Crippen LogP contribution in [0, 0.1) is 6.92 Å². The number of carbonyl (C=O) groups excluding carboxylic acids is 2. The van der Waals surface area contributed by atoms with Gasteiger partial charge in [0.15, 0.2) is 0 Å². The minimum absolute atomic E-state index is 0.288. The van der Waals surface area contributed by atoms with Crippen LogP contribution in [0.25, 0.3) is 0 Å². The van der Waals surface area contributed by atoms with Crippen LogP contribution in [0.5, 0.6) is 0 Å². The third-order valence-electron chi connectivity index (χ3n) is 3.47. The molecule has 0 aliphatic carbocycles. The zero-order chi connectivity index (χ0) is 17.7. The van der Waals surface area contributed by atoms with E-state index < -0.39 is 5.91 Å². The highest BCUT2D eigenvalue weighted by Crippen LogP contribution is 2.30. The second kappa shape index (κ2) is 8.18. The molecule has 4 nitrogen and oxygen atoms in total. The van der Waals surface area contributed by atoms with Gasteiger partial charge in [-0.25, -0.2) is 0 Å². The Morgan fingerprint density at radius 1 is 1.08 bits per heavy atom. The predicted octanol–water partition coefficient (Wildman–Crippen LogP) is 4.68. The Hall–Kier alpha value is -2.04. The van der Waals surface area contributed by atoms with E-state index in [9.17, 15) is 9.59 Å². The van der Waals surface area contributed by atoms with Gasteiger partial charge >= 0.3 is 0 Å². The van der Waals surface area contributed by atoms with Crippen molar-refractivity contribution in [1.29, 1.82) is 0 Å². The van der Waals surface area contributed by atoms with E-state index in [1.165, 1.54) is 0 Å². The van der Waals surface area contributed by atoms with Gasteiger partial charge in [0.05, 0.1) is 15.7 Å². The van der Waals surface area contributed by atoms with Gasteiger partial charge in [0.2, 0.25) is 11.8 Å². The average Bonchev–Trinajstić information content (AvgIpc) is 2.52. The van der Waals surface area contributed by atoms with Gasteiger partial charge in [0.25, 0.3) is 0 Å². The van der Waals surface area contributed by atoms with Crippen LogP contribution >= 0.6 is 23.2 Å². The van der Waals surface area contributed by atoms with Gasteiger partial charge in [0, 0.05) is 12.2 Å². The lowest BCUT2D eigenvalue weighted by Crippen LogP contribution is -2.33. The highest BCUT2D eigenvalue weighted by molar-refractivity contribution is 6.39. The second-order valence-corrected chi connectivity index (χ2v) is 6.11. The molecule has 0 fully saturated rings. The topological polar surface area (TPSA) is 49.4 Å². The van der Waals surface area contributed by atoms with Crippen molar-refractivity contribution in [3.8, 4) is 0 Å². The van der Waals surface area contributed by atoms with E-state index in [1.807, 2.05) is 38.1 Å². The fraction of sp³-hybridized carbons (Fsp3) is 0.222. The summed E-state index contributed by atoms with van der Waals surface area (Å²) >= 11 is 12.0. The Morgan fingerprint density at radius 2 is 1.71 bits per heavy atom. The van der Waals surface area contributed by atoms with Crippen LogP contribution in [0.2, 0.25) is 10.0 Å². The molecule has 2 aromatic rings. The number of para-hydroxylation sites is 1. The summed E-state index contributed by atoms with van der Waals surface area (Å²) in [6.45, 7) is 4.29. The highest BCUT2D eigenvalue weighted by atomic mass is 35.5. The summed E-state index contributed by atoms with van der Waals surface area (Å²) < 4.78 is 0. The van der Waals surface area contributed by atoms with E-state index in [-0.39, 0.29) is 12.3 Å². The number of nitrogens with one attached hydrogen (secondary N) is 1. The molecule has 126 valence electrons. The fourth-order valence-corrected chi connectivity index (χ4v) is 2.82. The number of anilines is 2. The van der Waals surface area contributed by atoms with E-state index >= 15 is 0 Å². The lowest BCUT2D eigenvalue weighted by atomic mass is 10.2. The van der Waals surface area contributed by atoms with Crippen molar-refractivity contribution in [2.45, 2.75) is 20.3 Å². The summed E-state index contributed by atoms with van der Waals surface area (Å²) in [5.41, 5.74) is 2.13. The molecule has 0 aromatic heterocycles. The highest BCUT2D eigenvalue weighted by Gasteiger charge is 2.19. The minimum Gasteiger partial charge on any atom is -0.323 e. The standard InChI is InChI=1S/C18H18Cl2N2O2/c1-3-22(13-7-4-6-12(2)10-13)17(24)11-16(23)21-18-14(19)8-5-9-15(18)20/h4-10H,3,11H2,1-2H3,(H,21,23). The number of hydrogen-bond donors (Lipinski definition) is 1. The van der Waals surface area contributed by atoms with Gasteiger partial charge < -0.3 is 10.2 Å². The van der Waals surface area contributed by atoms with E-state index in [0.29, 0.717) is 22.3 Å². The van der Waals surface area contributed by atoms with Gasteiger partial charge in [-0.2, -0.15) is 0 Å². The average molecular weight is 365 g/mol. The summed E-state index contributed by atoms with van der Waals surface area (Å²) in [6.07, 6.45) is -0.288. The first-order valence-corrected chi connectivity index (χ1v) is 8.29. The van der Waals surface area contributed by atoms with Gasteiger partial charge in [-0.05, 0) is 43.7 Å². The lowest BCUT2D eigenvalue weighted by Gasteiger charge is -2.21. The SMILES string of the molecule is CCN(C(=O)CC(=O)Nc1c(Cl)cccc1Cl)c1cccc(C)c1. The van der Waals surface area contributed by atoms with Crippen LogP contribution in [-0.4, -0.2) is 18.4 Å². The largest absolute Gasteiger partial charge is 0.323 e. The van der Waals surface area contributed by atoms with Crippen LogP contribution in [0.3, 0.4) is 0 Å². The van der Waals surface area contributed by atoms with Gasteiger partial charge in [-0.15, -0.1) is 0 Å². The van der Waals surface area contributed by atoms with Crippen molar-refractivity contribution < 1.29 is 9.59 Å². The number of amides is 2. The van der Waals surface area contributed by atoms with E-state index in [0.717, 1.165) is 11.3 Å². The molecule has 2 rings (SSSR count). The van der Waals surface area contributed by atoms with E-state index in [1.54, 1.807) is 23.1 Å². The monoisotopic (exact) mass is 364 g/mol. The summed E-state index contributed by atoms with van der Waals surface area (Å²) in [5.74, 6) is -0.745.